The third-order valence-corrected chi connectivity index (χ3v) is 2.57. The summed E-state index contributed by atoms with van der Waals surface area (Å²) in [6.45, 7) is 5.21. The van der Waals surface area contributed by atoms with E-state index in [1.54, 1.807) is 0 Å². The van der Waals surface area contributed by atoms with Crippen LogP contribution in [0.3, 0.4) is 0 Å². The Hall–Kier alpha value is -1.38. The molecule has 0 amide bonds. The van der Waals surface area contributed by atoms with Crippen LogP contribution < -0.4 is 4.57 Å². The van der Waals surface area contributed by atoms with E-state index in [0.717, 1.165) is 31.4 Å². The molecule has 88 valence electrons. The number of carbonyl (C=O) groups is 1. The fourth-order valence-corrected chi connectivity index (χ4v) is 1.95. The van der Waals surface area contributed by atoms with Crippen LogP contribution in [0.25, 0.3) is 0 Å². The van der Waals surface area contributed by atoms with Crippen LogP contribution in [-0.4, -0.2) is 11.1 Å². The van der Waals surface area contributed by atoms with Crippen LogP contribution >= 0.6 is 0 Å². The van der Waals surface area contributed by atoms with E-state index in [-0.39, 0.29) is 6.42 Å². The molecule has 0 bridgehead atoms. The number of carboxylic acid groups (broad SMARTS) is 1. The maximum atomic E-state index is 10.8. The highest BCUT2D eigenvalue weighted by molar-refractivity contribution is 5.70. The van der Waals surface area contributed by atoms with E-state index in [4.69, 9.17) is 5.11 Å². The number of aromatic nitrogens is 1. The van der Waals surface area contributed by atoms with E-state index in [1.807, 2.05) is 18.3 Å². The van der Waals surface area contributed by atoms with Gasteiger partial charge in [-0.05, 0) is 12.5 Å². The number of pyridine rings is 1. The van der Waals surface area contributed by atoms with Crippen LogP contribution in [0.5, 0.6) is 0 Å². The summed E-state index contributed by atoms with van der Waals surface area (Å²) in [6.07, 6.45) is 5.22. The lowest BCUT2D eigenvalue weighted by Crippen LogP contribution is -2.39. The number of nitrogens with zero attached hydrogens (tertiary/aromatic N) is 1. The molecule has 0 aliphatic carbocycles. The predicted molar refractivity (Wildman–Crippen MR) is 62.3 cm³/mol. The molecule has 1 N–H and O–H groups in total. The Labute approximate surface area is 96.7 Å². The van der Waals surface area contributed by atoms with E-state index in [0.29, 0.717) is 0 Å². The molecule has 1 aromatic rings. The third-order valence-electron chi connectivity index (χ3n) is 2.57. The molecule has 0 saturated carbocycles. The van der Waals surface area contributed by atoms with Gasteiger partial charge in [-0.25, -0.2) is 4.57 Å². The average Bonchev–Trinajstić information content (AvgIpc) is 2.22. The molecule has 0 aromatic carbocycles. The van der Waals surface area contributed by atoms with Gasteiger partial charge in [0.1, 0.15) is 6.54 Å². The molecule has 0 fully saturated rings. The van der Waals surface area contributed by atoms with Crippen molar-refractivity contribution >= 4 is 5.97 Å². The van der Waals surface area contributed by atoms with Crippen LogP contribution in [0.2, 0.25) is 0 Å². The molecule has 1 rings (SSSR count). The number of hydrogen-bond donors (Lipinski definition) is 1. The van der Waals surface area contributed by atoms with Crippen LogP contribution in [-0.2, 0) is 24.2 Å². The molecule has 0 unspecified atom stereocenters. The Morgan fingerprint density at radius 3 is 2.69 bits per heavy atom. The highest BCUT2D eigenvalue weighted by atomic mass is 16.4. The summed E-state index contributed by atoms with van der Waals surface area (Å²) in [5.41, 5.74) is 2.12. The first-order valence-corrected chi connectivity index (χ1v) is 5.91. The van der Waals surface area contributed by atoms with Crippen molar-refractivity contribution in [1.29, 1.82) is 0 Å². The zero-order valence-electron chi connectivity index (χ0n) is 10.1. The van der Waals surface area contributed by atoms with Gasteiger partial charge >= 0.3 is 5.97 Å². The van der Waals surface area contributed by atoms with Gasteiger partial charge in [-0.15, -0.1) is 0 Å². The average molecular weight is 222 g/mol. The smallest absolute Gasteiger partial charge is 0.308 e. The summed E-state index contributed by atoms with van der Waals surface area (Å²) in [7, 11) is 0. The second kappa shape index (κ2) is 6.26. The van der Waals surface area contributed by atoms with E-state index >= 15 is 0 Å². The van der Waals surface area contributed by atoms with Gasteiger partial charge in [0.05, 0.1) is 6.42 Å². The van der Waals surface area contributed by atoms with Gasteiger partial charge in [0, 0.05) is 24.5 Å². The summed E-state index contributed by atoms with van der Waals surface area (Å²) in [5.74, 6) is -0.758. The summed E-state index contributed by atoms with van der Waals surface area (Å²) >= 11 is 0. The molecule has 1 heterocycles. The van der Waals surface area contributed by atoms with Crippen molar-refractivity contribution in [2.75, 3.05) is 0 Å². The Kier molecular flexibility index (Phi) is 4.96. The molecular weight excluding hydrogens is 202 g/mol. The molecule has 0 spiro atoms. The van der Waals surface area contributed by atoms with Gasteiger partial charge in [-0.2, -0.15) is 0 Å². The Bertz CT molecular complexity index is 361. The van der Waals surface area contributed by atoms with Crippen LogP contribution in [0.4, 0.5) is 0 Å². The first-order valence-electron chi connectivity index (χ1n) is 5.91. The van der Waals surface area contributed by atoms with Crippen LogP contribution in [0, 0.1) is 0 Å². The summed E-state index contributed by atoms with van der Waals surface area (Å²) < 4.78 is 2.18. The van der Waals surface area contributed by atoms with Crippen molar-refractivity contribution in [3.05, 3.63) is 29.6 Å². The maximum Gasteiger partial charge on any atom is 0.308 e. The number of rotatable bonds is 6. The Balaban J connectivity index is 3.04. The highest BCUT2D eigenvalue weighted by Crippen LogP contribution is 2.08. The molecule has 0 aliphatic rings. The van der Waals surface area contributed by atoms with Gasteiger partial charge in [0.25, 0.3) is 0 Å². The zero-order valence-corrected chi connectivity index (χ0v) is 10.1. The number of aryl methyl sites for hydroxylation is 1. The van der Waals surface area contributed by atoms with E-state index in [1.165, 1.54) is 5.69 Å². The van der Waals surface area contributed by atoms with Gasteiger partial charge in [0.15, 0.2) is 11.9 Å². The fraction of sp³-hybridized carbons (Fsp3) is 0.538. The van der Waals surface area contributed by atoms with Crippen molar-refractivity contribution in [3.63, 3.8) is 0 Å². The fourth-order valence-electron chi connectivity index (χ4n) is 1.95. The molecule has 0 saturated heterocycles. The number of carboxylic acids is 1. The topological polar surface area (TPSA) is 41.2 Å². The summed E-state index contributed by atoms with van der Waals surface area (Å²) in [6, 6.07) is 3.86. The Morgan fingerprint density at radius 2 is 2.12 bits per heavy atom. The van der Waals surface area contributed by atoms with E-state index in [9.17, 15) is 4.79 Å². The highest BCUT2D eigenvalue weighted by Gasteiger charge is 2.16. The summed E-state index contributed by atoms with van der Waals surface area (Å²) in [5, 5.41) is 8.87. The third kappa shape index (κ3) is 3.33. The van der Waals surface area contributed by atoms with Crippen LogP contribution in [0.1, 0.15) is 37.9 Å². The van der Waals surface area contributed by atoms with Gasteiger partial charge in [-0.3, -0.25) is 4.79 Å². The largest absolute Gasteiger partial charge is 0.481 e. The minimum atomic E-state index is -0.758. The van der Waals surface area contributed by atoms with Gasteiger partial charge < -0.3 is 5.11 Å². The van der Waals surface area contributed by atoms with E-state index < -0.39 is 5.97 Å². The molecule has 0 radical (unpaired) electrons. The molecule has 16 heavy (non-hydrogen) atoms. The minimum Gasteiger partial charge on any atom is -0.481 e. The molecule has 3 heteroatoms. The van der Waals surface area contributed by atoms with Gasteiger partial charge in [0.2, 0.25) is 0 Å². The summed E-state index contributed by atoms with van der Waals surface area (Å²) in [4.78, 5) is 10.8. The predicted octanol–water partition coefficient (Wildman–Crippen LogP) is 1.96. The molecule has 3 nitrogen and oxygen atoms in total. The van der Waals surface area contributed by atoms with Crippen molar-refractivity contribution < 1.29 is 14.5 Å². The molecule has 1 aromatic heterocycles. The molecule has 0 aliphatic heterocycles. The second-order valence-electron chi connectivity index (χ2n) is 3.99. The normalized spacial score (nSPS) is 10.4. The second-order valence-corrected chi connectivity index (χ2v) is 3.99. The first-order chi connectivity index (χ1) is 7.69. The zero-order chi connectivity index (χ0) is 12.0. The first kappa shape index (κ1) is 12.7. The van der Waals surface area contributed by atoms with Gasteiger partial charge in [-0.1, -0.05) is 13.8 Å². The lowest BCUT2D eigenvalue weighted by molar-refractivity contribution is -0.704. The molecular formula is C13H20NO2+. The monoisotopic (exact) mass is 222 g/mol. The molecule has 0 atom stereocenters. The van der Waals surface area contributed by atoms with Crippen molar-refractivity contribution in [2.24, 2.45) is 0 Å². The van der Waals surface area contributed by atoms with Crippen LogP contribution in [0.15, 0.2) is 18.3 Å². The SMILES string of the molecule is CCCc1c(CC(=O)O)ccc[n+]1CCC. The number of aliphatic carboxylic acids is 1. The van der Waals surface area contributed by atoms with Crippen molar-refractivity contribution in [3.8, 4) is 0 Å². The lowest BCUT2D eigenvalue weighted by atomic mass is 10.1. The van der Waals surface area contributed by atoms with E-state index in [2.05, 4.69) is 18.4 Å². The Morgan fingerprint density at radius 1 is 1.38 bits per heavy atom. The quantitative estimate of drug-likeness (QED) is 0.748. The minimum absolute atomic E-state index is 0.125. The van der Waals surface area contributed by atoms with Crippen molar-refractivity contribution in [1.82, 2.24) is 0 Å². The van der Waals surface area contributed by atoms with Crippen molar-refractivity contribution in [2.45, 2.75) is 46.1 Å². The maximum absolute atomic E-state index is 10.8. The number of hydrogen-bond acceptors (Lipinski definition) is 1. The standard InChI is InChI=1S/C13H19NO2/c1-3-6-12-11(10-13(15)16)7-5-9-14(12)8-4-2/h5,7,9H,3-4,6,8,10H2,1-2H3/p+1. The lowest BCUT2D eigenvalue weighted by Gasteiger charge is -2.06.